The molecule has 0 radical (unpaired) electrons. The molecule has 5 nitrogen and oxygen atoms in total. The van der Waals surface area contributed by atoms with Crippen LogP contribution >= 0.6 is 0 Å². The second-order valence-electron chi connectivity index (χ2n) is 4.49. The van der Waals surface area contributed by atoms with E-state index in [2.05, 4.69) is 20.6 Å². The third kappa shape index (κ3) is 4.10. The predicted molar refractivity (Wildman–Crippen MR) is 70.1 cm³/mol. The van der Waals surface area contributed by atoms with Gasteiger partial charge in [-0.25, -0.2) is 9.37 Å². The van der Waals surface area contributed by atoms with E-state index in [9.17, 15) is 9.50 Å². The van der Waals surface area contributed by atoms with Crippen LogP contribution in [0.5, 0.6) is 0 Å². The normalized spacial score (nSPS) is 12.6. The zero-order valence-electron chi connectivity index (χ0n) is 11.1. The Bertz CT molecular complexity index is 373. The van der Waals surface area contributed by atoms with Crippen molar-refractivity contribution >= 4 is 11.8 Å². The first kappa shape index (κ1) is 14.6. The Balaban J connectivity index is 2.79. The molecule has 1 rings (SSSR count). The Labute approximate surface area is 107 Å². The summed E-state index contributed by atoms with van der Waals surface area (Å²) < 4.78 is 13.6. The van der Waals surface area contributed by atoms with Gasteiger partial charge in [0.25, 0.3) is 0 Å². The number of halogens is 1. The van der Waals surface area contributed by atoms with Crippen molar-refractivity contribution in [2.24, 2.45) is 5.92 Å². The van der Waals surface area contributed by atoms with Gasteiger partial charge in [0.15, 0.2) is 11.6 Å². The van der Waals surface area contributed by atoms with Crippen molar-refractivity contribution in [1.82, 2.24) is 9.97 Å². The maximum atomic E-state index is 13.6. The number of aromatic nitrogens is 2. The van der Waals surface area contributed by atoms with Crippen LogP contribution in [0, 0.1) is 11.7 Å². The van der Waals surface area contributed by atoms with E-state index in [1.54, 1.807) is 0 Å². The molecule has 0 fully saturated rings. The molecule has 0 aromatic carbocycles. The lowest BCUT2D eigenvalue weighted by molar-refractivity contribution is 0.248. The van der Waals surface area contributed by atoms with Crippen LogP contribution in [0.25, 0.3) is 0 Å². The summed E-state index contributed by atoms with van der Waals surface area (Å²) in [5.74, 6) is 0.171. The van der Waals surface area contributed by atoms with Crippen LogP contribution in [0.3, 0.4) is 0 Å². The Hall–Kier alpha value is -1.43. The van der Waals surface area contributed by atoms with Crippen LogP contribution in [-0.4, -0.2) is 34.3 Å². The lowest BCUT2D eigenvalue weighted by Crippen LogP contribution is -2.30. The number of aliphatic hydroxyl groups is 1. The molecule has 6 heteroatoms. The van der Waals surface area contributed by atoms with Gasteiger partial charge in [-0.2, -0.15) is 4.98 Å². The Morgan fingerprint density at radius 1 is 1.44 bits per heavy atom. The molecular weight excluding hydrogens is 235 g/mol. The number of hydrogen-bond acceptors (Lipinski definition) is 5. The van der Waals surface area contributed by atoms with Gasteiger partial charge in [-0.15, -0.1) is 0 Å². The van der Waals surface area contributed by atoms with Gasteiger partial charge in [0.2, 0.25) is 5.95 Å². The standard InChI is InChI=1S/C12H21FN4O/c1-4-5-14-12-15-6-9(13)11(17-12)16-10(7-18)8(2)3/h6,8,10,18H,4-5,7H2,1-3H3,(H2,14,15,16,17). The summed E-state index contributed by atoms with van der Waals surface area (Å²) in [7, 11) is 0. The summed E-state index contributed by atoms with van der Waals surface area (Å²) >= 11 is 0. The first-order chi connectivity index (χ1) is 8.58. The highest BCUT2D eigenvalue weighted by atomic mass is 19.1. The van der Waals surface area contributed by atoms with Crippen LogP contribution in [0.2, 0.25) is 0 Å². The highest BCUT2D eigenvalue weighted by Crippen LogP contribution is 2.15. The molecule has 1 aromatic rings. The van der Waals surface area contributed by atoms with Gasteiger partial charge in [-0.1, -0.05) is 20.8 Å². The van der Waals surface area contributed by atoms with E-state index in [1.165, 1.54) is 0 Å². The van der Waals surface area contributed by atoms with E-state index in [4.69, 9.17) is 0 Å². The predicted octanol–water partition coefficient (Wildman–Crippen LogP) is 1.87. The first-order valence-electron chi connectivity index (χ1n) is 6.22. The van der Waals surface area contributed by atoms with E-state index in [0.29, 0.717) is 5.95 Å². The van der Waals surface area contributed by atoms with Crippen LogP contribution in [0.15, 0.2) is 6.20 Å². The molecule has 0 spiro atoms. The number of nitrogens with one attached hydrogen (secondary N) is 2. The van der Waals surface area contributed by atoms with Crippen molar-refractivity contribution in [3.05, 3.63) is 12.0 Å². The average molecular weight is 256 g/mol. The monoisotopic (exact) mass is 256 g/mol. The van der Waals surface area contributed by atoms with Crippen molar-refractivity contribution < 1.29 is 9.50 Å². The van der Waals surface area contributed by atoms with Gasteiger partial charge in [0.1, 0.15) is 0 Å². The molecule has 0 amide bonds. The number of aliphatic hydroxyl groups excluding tert-OH is 1. The summed E-state index contributed by atoms with van der Waals surface area (Å²) in [6.07, 6.45) is 2.07. The molecule has 1 unspecified atom stereocenters. The lowest BCUT2D eigenvalue weighted by atomic mass is 10.1. The number of rotatable bonds is 7. The van der Waals surface area contributed by atoms with Gasteiger partial charge >= 0.3 is 0 Å². The summed E-state index contributed by atoms with van der Waals surface area (Å²) in [6.45, 7) is 6.58. The van der Waals surface area contributed by atoms with Gasteiger partial charge in [-0.05, 0) is 12.3 Å². The lowest BCUT2D eigenvalue weighted by Gasteiger charge is -2.20. The fourth-order valence-electron chi connectivity index (χ4n) is 1.39. The molecule has 1 atom stereocenters. The average Bonchev–Trinajstić information content (AvgIpc) is 2.35. The maximum Gasteiger partial charge on any atom is 0.224 e. The minimum absolute atomic E-state index is 0.0706. The van der Waals surface area contributed by atoms with E-state index in [0.717, 1.165) is 19.2 Å². The minimum Gasteiger partial charge on any atom is -0.394 e. The molecule has 0 aliphatic heterocycles. The second kappa shape index (κ2) is 7.10. The van der Waals surface area contributed by atoms with Crippen molar-refractivity contribution in [3.8, 4) is 0 Å². The smallest absolute Gasteiger partial charge is 0.224 e. The molecule has 0 aliphatic carbocycles. The summed E-state index contributed by atoms with van der Waals surface area (Å²) in [5.41, 5.74) is 0. The van der Waals surface area contributed by atoms with E-state index in [1.807, 2.05) is 20.8 Å². The largest absolute Gasteiger partial charge is 0.394 e. The molecule has 18 heavy (non-hydrogen) atoms. The highest BCUT2D eigenvalue weighted by Gasteiger charge is 2.15. The maximum absolute atomic E-state index is 13.6. The number of anilines is 2. The van der Waals surface area contributed by atoms with Gasteiger partial charge in [0, 0.05) is 6.54 Å². The fourth-order valence-corrected chi connectivity index (χ4v) is 1.39. The number of nitrogens with zero attached hydrogens (tertiary/aromatic N) is 2. The highest BCUT2D eigenvalue weighted by molar-refractivity contribution is 5.42. The van der Waals surface area contributed by atoms with Crippen molar-refractivity contribution in [3.63, 3.8) is 0 Å². The van der Waals surface area contributed by atoms with Gasteiger partial charge in [0.05, 0.1) is 18.8 Å². The second-order valence-corrected chi connectivity index (χ2v) is 4.49. The number of hydrogen-bond donors (Lipinski definition) is 3. The van der Waals surface area contributed by atoms with Crippen LogP contribution in [-0.2, 0) is 0 Å². The van der Waals surface area contributed by atoms with Crippen molar-refractivity contribution in [1.29, 1.82) is 0 Å². The Kier molecular flexibility index (Phi) is 5.77. The molecular formula is C12H21FN4O. The molecule has 3 N–H and O–H groups in total. The summed E-state index contributed by atoms with van der Waals surface area (Å²) in [5, 5.41) is 15.1. The minimum atomic E-state index is -0.517. The quantitative estimate of drug-likeness (QED) is 0.694. The van der Waals surface area contributed by atoms with E-state index in [-0.39, 0.29) is 24.4 Å². The van der Waals surface area contributed by atoms with Gasteiger partial charge in [-0.3, -0.25) is 0 Å². The zero-order chi connectivity index (χ0) is 13.5. The first-order valence-corrected chi connectivity index (χ1v) is 6.22. The third-order valence-electron chi connectivity index (χ3n) is 2.60. The van der Waals surface area contributed by atoms with Crippen molar-refractivity contribution in [2.45, 2.75) is 33.2 Å². The van der Waals surface area contributed by atoms with Crippen LogP contribution in [0.4, 0.5) is 16.2 Å². The Morgan fingerprint density at radius 3 is 2.72 bits per heavy atom. The van der Waals surface area contributed by atoms with E-state index >= 15 is 0 Å². The third-order valence-corrected chi connectivity index (χ3v) is 2.60. The summed E-state index contributed by atoms with van der Waals surface area (Å²) in [6, 6.07) is -0.228. The molecule has 1 heterocycles. The van der Waals surface area contributed by atoms with E-state index < -0.39 is 5.82 Å². The SMILES string of the molecule is CCCNc1ncc(F)c(NC(CO)C(C)C)n1. The summed E-state index contributed by atoms with van der Waals surface area (Å²) in [4.78, 5) is 7.92. The molecule has 102 valence electrons. The van der Waals surface area contributed by atoms with Crippen molar-refractivity contribution in [2.75, 3.05) is 23.8 Å². The van der Waals surface area contributed by atoms with Gasteiger partial charge < -0.3 is 15.7 Å². The molecule has 1 aromatic heterocycles. The molecule has 0 saturated heterocycles. The Morgan fingerprint density at radius 2 is 2.17 bits per heavy atom. The topological polar surface area (TPSA) is 70.1 Å². The fraction of sp³-hybridized carbons (Fsp3) is 0.667. The molecule has 0 aliphatic rings. The van der Waals surface area contributed by atoms with Crippen LogP contribution in [0.1, 0.15) is 27.2 Å². The molecule has 0 bridgehead atoms. The van der Waals surface area contributed by atoms with Crippen LogP contribution < -0.4 is 10.6 Å². The molecule has 0 saturated carbocycles. The zero-order valence-corrected chi connectivity index (χ0v) is 11.1.